The minimum absolute atomic E-state index is 0.534. The molecule has 0 amide bonds. The van der Waals surface area contributed by atoms with Crippen LogP contribution in [-0.2, 0) is 16.1 Å². The quantitative estimate of drug-likeness (QED) is 0.488. The molecule has 4 heterocycles. The minimum Gasteiger partial charge on any atom is -0.378 e. The van der Waals surface area contributed by atoms with Crippen LogP contribution in [0, 0.1) is 6.92 Å². The number of aryl methyl sites for hydroxylation is 1. The molecule has 3 aromatic rings. The topological polar surface area (TPSA) is 91.8 Å². The van der Waals surface area contributed by atoms with Gasteiger partial charge in [0.1, 0.15) is 6.23 Å². The summed E-state index contributed by atoms with van der Waals surface area (Å²) in [5.74, 6) is 0.539. The molecule has 3 aliphatic rings. The highest BCUT2D eigenvalue weighted by Gasteiger charge is 2.15. The summed E-state index contributed by atoms with van der Waals surface area (Å²) < 4.78 is 11.5. The molecule has 1 aromatic heterocycles. The number of rotatable bonds is 1. The predicted octanol–water partition coefficient (Wildman–Crippen LogP) is 3.92. The van der Waals surface area contributed by atoms with E-state index in [4.69, 9.17) is 14.5 Å². The molecule has 0 radical (unpaired) electrons. The van der Waals surface area contributed by atoms with Gasteiger partial charge in [-0.2, -0.15) is 0 Å². The highest BCUT2D eigenvalue weighted by molar-refractivity contribution is 5.68. The SMILES string of the molecule is Cc1cc2ccc1-c1ccnc(n1)Nc1cc(cc(N3CCOCC3)c1)COCCCCNC2O. The summed E-state index contributed by atoms with van der Waals surface area (Å²) in [5, 5.41) is 17.2. The van der Waals surface area contributed by atoms with Crippen LogP contribution in [0.3, 0.4) is 0 Å². The van der Waals surface area contributed by atoms with E-state index in [1.807, 2.05) is 31.2 Å². The molecule has 8 heteroatoms. The lowest BCUT2D eigenvalue weighted by atomic mass is 10.0. The monoisotopic (exact) mass is 475 g/mol. The molecule has 1 fully saturated rings. The zero-order valence-corrected chi connectivity index (χ0v) is 20.2. The number of fused-ring (bicyclic) bond motifs is 9. The van der Waals surface area contributed by atoms with Crippen molar-refractivity contribution >= 4 is 17.3 Å². The maximum Gasteiger partial charge on any atom is 0.227 e. The van der Waals surface area contributed by atoms with Crippen LogP contribution >= 0.6 is 0 Å². The molecule has 0 spiro atoms. The molecule has 6 bridgehead atoms. The van der Waals surface area contributed by atoms with Gasteiger partial charge in [0.2, 0.25) is 5.95 Å². The van der Waals surface area contributed by atoms with Crippen LogP contribution in [0.25, 0.3) is 11.3 Å². The smallest absolute Gasteiger partial charge is 0.227 e. The van der Waals surface area contributed by atoms with Gasteiger partial charge in [-0.15, -0.1) is 0 Å². The van der Waals surface area contributed by atoms with Gasteiger partial charge in [0.05, 0.1) is 25.5 Å². The standard InChI is InChI=1S/C27H33N5O3/c1-19-14-21-4-5-24(19)25-6-8-29-27(31-25)30-22-15-20(18-35-11-3-2-7-28-26(21)33)16-23(17-22)32-9-12-34-13-10-32/h4-6,8,14-17,26,28,33H,2-3,7,9-13,18H2,1H3,(H,29,30,31). The minimum atomic E-state index is -0.700. The number of morpholine rings is 1. The molecule has 0 aliphatic carbocycles. The van der Waals surface area contributed by atoms with Crippen molar-refractivity contribution in [2.75, 3.05) is 49.7 Å². The summed E-state index contributed by atoms with van der Waals surface area (Å²) in [6.45, 7) is 7.16. The van der Waals surface area contributed by atoms with Gasteiger partial charge in [0.15, 0.2) is 0 Å². The zero-order valence-electron chi connectivity index (χ0n) is 20.2. The maximum atomic E-state index is 10.6. The first-order valence-corrected chi connectivity index (χ1v) is 12.3. The van der Waals surface area contributed by atoms with Gasteiger partial charge in [-0.1, -0.05) is 18.2 Å². The van der Waals surface area contributed by atoms with E-state index in [1.54, 1.807) is 6.20 Å². The Kier molecular flexibility index (Phi) is 7.54. The Morgan fingerprint density at radius 1 is 1.00 bits per heavy atom. The molecule has 3 N–H and O–H groups in total. The molecule has 184 valence electrons. The van der Waals surface area contributed by atoms with Crippen molar-refractivity contribution in [3.05, 3.63) is 65.4 Å². The molecular formula is C27H33N5O3. The van der Waals surface area contributed by atoms with Gasteiger partial charge in [-0.3, -0.25) is 5.32 Å². The van der Waals surface area contributed by atoms with Crippen LogP contribution in [0.5, 0.6) is 0 Å². The molecule has 1 unspecified atom stereocenters. The van der Waals surface area contributed by atoms with Gasteiger partial charge < -0.3 is 24.8 Å². The lowest BCUT2D eigenvalue weighted by molar-refractivity contribution is 0.112. The van der Waals surface area contributed by atoms with Crippen molar-refractivity contribution in [3.63, 3.8) is 0 Å². The highest BCUT2D eigenvalue weighted by atomic mass is 16.5. The normalized spacial score (nSPS) is 19.4. The van der Waals surface area contributed by atoms with Crippen LogP contribution in [0.1, 0.15) is 35.8 Å². The number of aliphatic hydroxyl groups is 1. The van der Waals surface area contributed by atoms with Crippen LogP contribution in [0.4, 0.5) is 17.3 Å². The third-order valence-corrected chi connectivity index (χ3v) is 6.43. The van der Waals surface area contributed by atoms with E-state index in [9.17, 15) is 5.11 Å². The average molecular weight is 476 g/mol. The fourth-order valence-corrected chi connectivity index (χ4v) is 4.55. The van der Waals surface area contributed by atoms with Crippen molar-refractivity contribution < 1.29 is 14.6 Å². The van der Waals surface area contributed by atoms with Gasteiger partial charge in [-0.25, -0.2) is 9.97 Å². The van der Waals surface area contributed by atoms with E-state index in [-0.39, 0.29) is 0 Å². The van der Waals surface area contributed by atoms with Crippen LogP contribution in [0.2, 0.25) is 0 Å². The first kappa shape index (κ1) is 23.7. The molecule has 8 nitrogen and oxygen atoms in total. The van der Waals surface area contributed by atoms with Crippen LogP contribution < -0.4 is 15.5 Å². The van der Waals surface area contributed by atoms with Gasteiger partial charge in [0, 0.05) is 42.8 Å². The molecule has 1 atom stereocenters. The van der Waals surface area contributed by atoms with Crippen molar-refractivity contribution in [1.82, 2.24) is 15.3 Å². The number of anilines is 3. The van der Waals surface area contributed by atoms with Crippen molar-refractivity contribution in [3.8, 4) is 11.3 Å². The third-order valence-electron chi connectivity index (χ3n) is 6.43. The Morgan fingerprint density at radius 3 is 2.74 bits per heavy atom. The Hall–Kier alpha value is -3.04. The van der Waals surface area contributed by atoms with E-state index in [1.165, 1.54) is 0 Å². The molecule has 2 aromatic carbocycles. The van der Waals surface area contributed by atoms with E-state index >= 15 is 0 Å². The first-order valence-electron chi connectivity index (χ1n) is 12.3. The fraction of sp³-hybridized carbons (Fsp3) is 0.407. The second-order valence-corrected chi connectivity index (χ2v) is 9.07. The molecule has 1 saturated heterocycles. The van der Waals surface area contributed by atoms with Gasteiger partial charge in [0.25, 0.3) is 0 Å². The Bertz CT molecular complexity index is 1150. The number of nitrogens with one attached hydrogen (secondary N) is 2. The van der Waals surface area contributed by atoms with E-state index in [2.05, 4.69) is 38.7 Å². The van der Waals surface area contributed by atoms with Crippen molar-refractivity contribution in [2.24, 2.45) is 0 Å². The summed E-state index contributed by atoms with van der Waals surface area (Å²) in [7, 11) is 0. The predicted molar refractivity (Wildman–Crippen MR) is 137 cm³/mol. The van der Waals surface area contributed by atoms with E-state index in [0.29, 0.717) is 19.2 Å². The summed E-state index contributed by atoms with van der Waals surface area (Å²) >= 11 is 0. The van der Waals surface area contributed by atoms with Crippen molar-refractivity contribution in [1.29, 1.82) is 0 Å². The summed E-state index contributed by atoms with van der Waals surface area (Å²) in [5.41, 5.74) is 6.92. The Balaban J connectivity index is 1.48. The number of nitrogens with zero attached hydrogens (tertiary/aromatic N) is 3. The second-order valence-electron chi connectivity index (χ2n) is 9.07. The average Bonchev–Trinajstić information content (AvgIpc) is 2.88. The number of hydrogen-bond acceptors (Lipinski definition) is 8. The first-order chi connectivity index (χ1) is 17.2. The number of hydrogen-bond donors (Lipinski definition) is 3. The number of ether oxygens (including phenoxy) is 2. The van der Waals surface area contributed by atoms with Crippen LogP contribution in [0.15, 0.2) is 48.7 Å². The van der Waals surface area contributed by atoms with Gasteiger partial charge in [-0.05, 0) is 67.3 Å². The van der Waals surface area contributed by atoms with E-state index < -0.39 is 6.23 Å². The molecular weight excluding hydrogens is 442 g/mol. The summed E-state index contributed by atoms with van der Waals surface area (Å²) in [4.78, 5) is 11.6. The molecule has 0 saturated carbocycles. The summed E-state index contributed by atoms with van der Waals surface area (Å²) in [6, 6.07) is 14.3. The second kappa shape index (κ2) is 11.1. The number of benzene rings is 2. The fourth-order valence-electron chi connectivity index (χ4n) is 4.55. The molecule has 3 aliphatic heterocycles. The largest absolute Gasteiger partial charge is 0.378 e. The maximum absolute atomic E-state index is 10.6. The lowest BCUT2D eigenvalue weighted by Crippen LogP contribution is -2.36. The third kappa shape index (κ3) is 5.97. The van der Waals surface area contributed by atoms with Gasteiger partial charge >= 0.3 is 0 Å². The molecule has 6 rings (SSSR count). The van der Waals surface area contributed by atoms with E-state index in [0.717, 1.165) is 85.0 Å². The molecule has 35 heavy (non-hydrogen) atoms. The summed E-state index contributed by atoms with van der Waals surface area (Å²) in [6.07, 6.45) is 2.92. The Labute approximate surface area is 206 Å². The Morgan fingerprint density at radius 2 is 1.89 bits per heavy atom. The van der Waals surface area contributed by atoms with Crippen LogP contribution in [-0.4, -0.2) is 54.5 Å². The number of aromatic nitrogens is 2. The lowest BCUT2D eigenvalue weighted by Gasteiger charge is -2.29. The zero-order chi connectivity index (χ0) is 24.0. The highest BCUT2D eigenvalue weighted by Crippen LogP contribution is 2.28. The number of aliphatic hydroxyl groups excluding tert-OH is 1. The van der Waals surface area contributed by atoms with Crippen molar-refractivity contribution in [2.45, 2.75) is 32.6 Å².